The van der Waals surface area contributed by atoms with Crippen LogP contribution in [-0.2, 0) is 4.74 Å². The number of allylic oxidation sites excluding steroid dienone is 2. The maximum Gasteiger partial charge on any atom is 0.100 e. The van der Waals surface area contributed by atoms with Crippen molar-refractivity contribution in [3.05, 3.63) is 36.1 Å². The first-order valence-corrected chi connectivity index (χ1v) is 3.10. The molecule has 0 heterocycles. The maximum absolute atomic E-state index is 9.21. The predicted octanol–water partition coefficient (Wildman–Crippen LogP) is 1.00. The van der Waals surface area contributed by atoms with Crippen molar-refractivity contribution in [3.8, 4) is 0 Å². The van der Waals surface area contributed by atoms with Gasteiger partial charge in [0.1, 0.15) is 6.10 Å². The topological polar surface area (TPSA) is 29.5 Å². The number of hydrogen-bond donors (Lipinski definition) is 1. The summed E-state index contributed by atoms with van der Waals surface area (Å²) < 4.78 is 4.74. The Balaban J connectivity index is 2.70. The van der Waals surface area contributed by atoms with Gasteiger partial charge in [-0.1, -0.05) is 24.3 Å². The molecule has 0 bridgehead atoms. The Morgan fingerprint density at radius 2 is 2.40 bits per heavy atom. The predicted molar refractivity (Wildman–Crippen MR) is 39.4 cm³/mol. The molecule has 0 aromatic heterocycles. The molecule has 0 saturated heterocycles. The average molecular weight is 138 g/mol. The molecular weight excluding hydrogens is 128 g/mol. The molecule has 0 aliphatic heterocycles. The molecule has 1 aliphatic rings. The summed E-state index contributed by atoms with van der Waals surface area (Å²) in [6.45, 7) is 0. The number of aliphatic hydroxyl groups is 1. The van der Waals surface area contributed by atoms with Gasteiger partial charge in [-0.05, 0) is 0 Å². The van der Waals surface area contributed by atoms with Gasteiger partial charge in [0.15, 0.2) is 0 Å². The summed E-state index contributed by atoms with van der Waals surface area (Å²) in [5.74, 6) is 0. The second-order valence-corrected chi connectivity index (χ2v) is 2.04. The molecule has 2 nitrogen and oxygen atoms in total. The third-order valence-corrected chi connectivity index (χ3v) is 1.29. The van der Waals surface area contributed by atoms with Gasteiger partial charge < -0.3 is 9.84 Å². The van der Waals surface area contributed by atoms with Gasteiger partial charge in [-0.3, -0.25) is 0 Å². The van der Waals surface area contributed by atoms with E-state index in [1.807, 2.05) is 12.2 Å². The Morgan fingerprint density at radius 3 is 3.00 bits per heavy atom. The van der Waals surface area contributed by atoms with Crippen molar-refractivity contribution in [1.82, 2.24) is 0 Å². The number of rotatable bonds is 1. The minimum atomic E-state index is -0.509. The molecule has 1 atom stereocenters. The van der Waals surface area contributed by atoms with Crippen molar-refractivity contribution in [3.63, 3.8) is 0 Å². The average Bonchev–Trinajstić information content (AvgIpc) is 1.94. The standard InChI is InChI=1S/C8H10O2/c1-10-6-7-4-2-3-5-8(7)9/h2-6,8-9H,1H3. The van der Waals surface area contributed by atoms with Gasteiger partial charge in [-0.15, -0.1) is 0 Å². The lowest BCUT2D eigenvalue weighted by atomic mass is 10.1. The van der Waals surface area contributed by atoms with Crippen molar-refractivity contribution in [2.45, 2.75) is 6.10 Å². The molecule has 0 amide bonds. The lowest BCUT2D eigenvalue weighted by molar-refractivity contribution is 0.250. The lowest BCUT2D eigenvalue weighted by Gasteiger charge is -2.08. The van der Waals surface area contributed by atoms with Crippen LogP contribution < -0.4 is 0 Å². The van der Waals surface area contributed by atoms with Gasteiger partial charge in [-0.25, -0.2) is 0 Å². The monoisotopic (exact) mass is 138 g/mol. The summed E-state index contributed by atoms with van der Waals surface area (Å²) in [5, 5.41) is 9.21. The first-order valence-electron chi connectivity index (χ1n) is 3.10. The van der Waals surface area contributed by atoms with E-state index in [1.165, 1.54) is 6.26 Å². The fourth-order valence-corrected chi connectivity index (χ4v) is 0.791. The quantitative estimate of drug-likeness (QED) is 0.548. The van der Waals surface area contributed by atoms with Crippen molar-refractivity contribution in [2.24, 2.45) is 0 Å². The van der Waals surface area contributed by atoms with Crippen LogP contribution in [0.1, 0.15) is 0 Å². The van der Waals surface area contributed by atoms with Crippen LogP contribution in [0, 0.1) is 0 Å². The van der Waals surface area contributed by atoms with Crippen LogP contribution >= 0.6 is 0 Å². The molecule has 0 fully saturated rings. The molecule has 1 N–H and O–H groups in total. The highest BCUT2D eigenvalue weighted by atomic mass is 16.5. The van der Waals surface area contributed by atoms with Crippen LogP contribution in [-0.4, -0.2) is 18.3 Å². The molecule has 0 saturated carbocycles. The van der Waals surface area contributed by atoms with E-state index in [4.69, 9.17) is 4.74 Å². The van der Waals surface area contributed by atoms with Gasteiger partial charge in [0.25, 0.3) is 0 Å². The van der Waals surface area contributed by atoms with E-state index in [0.717, 1.165) is 5.57 Å². The maximum atomic E-state index is 9.21. The van der Waals surface area contributed by atoms with Gasteiger partial charge >= 0.3 is 0 Å². The molecule has 2 heteroatoms. The molecule has 10 heavy (non-hydrogen) atoms. The molecule has 0 aromatic rings. The molecule has 0 aromatic carbocycles. The normalized spacial score (nSPS) is 27.4. The fraction of sp³-hybridized carbons (Fsp3) is 0.250. The van der Waals surface area contributed by atoms with Crippen LogP contribution in [0.25, 0.3) is 0 Å². The van der Waals surface area contributed by atoms with E-state index in [1.54, 1.807) is 19.3 Å². The Morgan fingerprint density at radius 1 is 1.60 bits per heavy atom. The Bertz CT molecular complexity index is 189. The fourth-order valence-electron chi connectivity index (χ4n) is 0.791. The lowest BCUT2D eigenvalue weighted by Crippen LogP contribution is -2.06. The Labute approximate surface area is 60.1 Å². The second-order valence-electron chi connectivity index (χ2n) is 2.04. The van der Waals surface area contributed by atoms with Crippen LogP contribution in [0.4, 0.5) is 0 Å². The Kier molecular flexibility index (Phi) is 2.29. The first kappa shape index (κ1) is 7.09. The van der Waals surface area contributed by atoms with E-state index in [-0.39, 0.29) is 0 Å². The van der Waals surface area contributed by atoms with E-state index in [0.29, 0.717) is 0 Å². The number of methoxy groups -OCH3 is 1. The van der Waals surface area contributed by atoms with Gasteiger partial charge in [0.2, 0.25) is 0 Å². The van der Waals surface area contributed by atoms with E-state index >= 15 is 0 Å². The third-order valence-electron chi connectivity index (χ3n) is 1.29. The highest BCUT2D eigenvalue weighted by Crippen LogP contribution is 2.10. The smallest absolute Gasteiger partial charge is 0.100 e. The Hall–Kier alpha value is -1.02. The first-order chi connectivity index (χ1) is 4.84. The highest BCUT2D eigenvalue weighted by Gasteiger charge is 2.05. The van der Waals surface area contributed by atoms with Crippen molar-refractivity contribution in [1.29, 1.82) is 0 Å². The molecule has 54 valence electrons. The molecule has 1 unspecified atom stereocenters. The number of hydrogen-bond acceptors (Lipinski definition) is 2. The van der Waals surface area contributed by atoms with Crippen molar-refractivity contribution in [2.75, 3.05) is 7.11 Å². The summed E-state index contributed by atoms with van der Waals surface area (Å²) in [6, 6.07) is 0. The SMILES string of the molecule is COC=C1C=CC=CC1O. The molecule has 1 rings (SSSR count). The van der Waals surface area contributed by atoms with Crippen molar-refractivity contribution >= 4 is 0 Å². The molecular formula is C8H10O2. The van der Waals surface area contributed by atoms with Gasteiger partial charge in [0.05, 0.1) is 13.4 Å². The molecule has 0 spiro atoms. The zero-order valence-corrected chi connectivity index (χ0v) is 5.82. The number of ether oxygens (including phenoxy) is 1. The molecule has 1 aliphatic carbocycles. The summed E-state index contributed by atoms with van der Waals surface area (Å²) in [7, 11) is 1.56. The summed E-state index contributed by atoms with van der Waals surface area (Å²) in [6.07, 6.45) is 8.20. The van der Waals surface area contributed by atoms with E-state index in [2.05, 4.69) is 0 Å². The van der Waals surface area contributed by atoms with E-state index < -0.39 is 6.10 Å². The third kappa shape index (κ3) is 1.48. The van der Waals surface area contributed by atoms with Gasteiger partial charge in [-0.2, -0.15) is 0 Å². The summed E-state index contributed by atoms with van der Waals surface area (Å²) in [4.78, 5) is 0. The van der Waals surface area contributed by atoms with Crippen LogP contribution in [0.3, 0.4) is 0 Å². The number of aliphatic hydroxyl groups excluding tert-OH is 1. The minimum Gasteiger partial charge on any atom is -0.504 e. The molecule has 0 radical (unpaired) electrons. The van der Waals surface area contributed by atoms with Crippen LogP contribution in [0.5, 0.6) is 0 Å². The summed E-state index contributed by atoms with van der Waals surface area (Å²) >= 11 is 0. The zero-order valence-electron chi connectivity index (χ0n) is 5.82. The second kappa shape index (κ2) is 3.22. The van der Waals surface area contributed by atoms with Crippen molar-refractivity contribution < 1.29 is 9.84 Å². The zero-order chi connectivity index (χ0) is 7.40. The van der Waals surface area contributed by atoms with Gasteiger partial charge in [0, 0.05) is 5.57 Å². The summed E-state index contributed by atoms with van der Waals surface area (Å²) in [5.41, 5.74) is 0.782. The van der Waals surface area contributed by atoms with Crippen LogP contribution in [0.15, 0.2) is 36.1 Å². The van der Waals surface area contributed by atoms with E-state index in [9.17, 15) is 5.11 Å². The largest absolute Gasteiger partial charge is 0.504 e. The highest BCUT2D eigenvalue weighted by molar-refractivity contribution is 5.32. The van der Waals surface area contributed by atoms with Crippen LogP contribution in [0.2, 0.25) is 0 Å². The minimum absolute atomic E-state index is 0.509.